The molecule has 2 amide bonds. The zero-order valence-electron chi connectivity index (χ0n) is 18.8. The number of piperidine rings is 1. The van der Waals surface area contributed by atoms with Gasteiger partial charge in [-0.3, -0.25) is 9.59 Å². The Bertz CT molecular complexity index is 1240. The van der Waals surface area contributed by atoms with Gasteiger partial charge in [-0.15, -0.1) is 0 Å². The van der Waals surface area contributed by atoms with Gasteiger partial charge in [-0.05, 0) is 71.1 Å². The van der Waals surface area contributed by atoms with E-state index in [1.54, 1.807) is 19.1 Å². The number of carbonyl (C=O) groups excluding carboxylic acids is 2. The van der Waals surface area contributed by atoms with Gasteiger partial charge in [0.15, 0.2) is 11.5 Å². The predicted molar refractivity (Wildman–Crippen MR) is 127 cm³/mol. The fourth-order valence-corrected chi connectivity index (χ4v) is 4.70. The molecule has 3 aromatic rings. The first kappa shape index (κ1) is 21.1. The molecule has 0 saturated carbocycles. The summed E-state index contributed by atoms with van der Waals surface area (Å²) in [5.41, 5.74) is 3.72. The van der Waals surface area contributed by atoms with E-state index >= 15 is 0 Å². The first-order valence-electron chi connectivity index (χ1n) is 11.2. The van der Waals surface area contributed by atoms with Crippen LogP contribution in [0.15, 0.2) is 48.5 Å². The molecule has 3 aromatic carbocycles. The fourth-order valence-electron chi connectivity index (χ4n) is 4.70. The van der Waals surface area contributed by atoms with Gasteiger partial charge in [0.2, 0.25) is 5.91 Å². The van der Waals surface area contributed by atoms with Crippen LogP contribution in [-0.4, -0.2) is 43.5 Å². The highest BCUT2D eigenvalue weighted by Gasteiger charge is 2.37. The third kappa shape index (κ3) is 3.95. The summed E-state index contributed by atoms with van der Waals surface area (Å²) in [7, 11) is 3.27. The lowest BCUT2D eigenvalue weighted by Crippen LogP contribution is -2.50. The number of amides is 2. The third-order valence-corrected chi connectivity index (χ3v) is 6.47. The van der Waals surface area contributed by atoms with E-state index in [9.17, 15) is 9.59 Å². The van der Waals surface area contributed by atoms with Crippen LogP contribution >= 0.6 is 0 Å². The molecule has 2 aliphatic heterocycles. The van der Waals surface area contributed by atoms with Gasteiger partial charge in [-0.1, -0.05) is 12.1 Å². The average Bonchev–Trinajstić information content (AvgIpc) is 3.17. The zero-order chi connectivity index (χ0) is 22.9. The molecule has 33 heavy (non-hydrogen) atoms. The van der Waals surface area contributed by atoms with Crippen molar-refractivity contribution < 1.29 is 19.1 Å². The highest BCUT2D eigenvalue weighted by Crippen LogP contribution is 2.33. The molecular weight excluding hydrogens is 418 g/mol. The molecule has 0 aliphatic carbocycles. The number of hydrogen-bond donors (Lipinski definition) is 2. The minimum Gasteiger partial charge on any atom is -0.493 e. The summed E-state index contributed by atoms with van der Waals surface area (Å²) in [4.78, 5) is 26.8. The van der Waals surface area contributed by atoms with Gasteiger partial charge >= 0.3 is 0 Å². The first-order chi connectivity index (χ1) is 16.1. The summed E-state index contributed by atoms with van der Waals surface area (Å²) in [6.45, 7) is 1.80. The van der Waals surface area contributed by atoms with E-state index in [1.807, 2.05) is 30.3 Å². The van der Waals surface area contributed by atoms with E-state index in [0.29, 0.717) is 36.7 Å². The summed E-state index contributed by atoms with van der Waals surface area (Å²) in [5, 5.41) is 8.49. The topological polar surface area (TPSA) is 79.9 Å². The van der Waals surface area contributed by atoms with Crippen molar-refractivity contribution in [3.8, 4) is 11.5 Å². The number of methoxy groups -OCH3 is 2. The van der Waals surface area contributed by atoms with E-state index in [1.165, 1.54) is 0 Å². The number of nitrogens with one attached hydrogen (secondary N) is 2. The number of rotatable bonds is 6. The van der Waals surface area contributed by atoms with Crippen LogP contribution in [0.3, 0.4) is 0 Å². The van der Waals surface area contributed by atoms with Crippen molar-refractivity contribution in [2.75, 3.05) is 26.1 Å². The van der Waals surface area contributed by atoms with Gasteiger partial charge < -0.3 is 25.0 Å². The third-order valence-electron chi connectivity index (χ3n) is 6.47. The number of anilines is 1. The Hall–Kier alpha value is -3.74. The van der Waals surface area contributed by atoms with Gasteiger partial charge in [-0.2, -0.15) is 0 Å². The number of carbonyl (C=O) groups is 2. The van der Waals surface area contributed by atoms with E-state index < -0.39 is 0 Å². The standard InChI is InChI=1S/C26H27N3O4/c1-32-23-12-17-6-5-16(10-18(17)13-24(23)33-2)14-28-20-7-8-21-19(11-20)15-29(26(21)31)22-4-3-9-27-25(22)30/h5-8,10-13,22,28H,3-4,9,14-15H2,1-2H3,(H,27,30). The summed E-state index contributed by atoms with van der Waals surface area (Å²) >= 11 is 0. The van der Waals surface area contributed by atoms with Gasteiger partial charge in [-0.25, -0.2) is 0 Å². The molecule has 1 atom stereocenters. The van der Waals surface area contributed by atoms with E-state index in [0.717, 1.165) is 40.4 Å². The molecule has 7 heteroatoms. The van der Waals surface area contributed by atoms with Crippen molar-refractivity contribution in [2.24, 2.45) is 0 Å². The molecule has 0 aromatic heterocycles. The average molecular weight is 446 g/mol. The number of nitrogens with zero attached hydrogens (tertiary/aromatic N) is 1. The van der Waals surface area contributed by atoms with Crippen LogP contribution in [0, 0.1) is 0 Å². The second-order valence-corrected chi connectivity index (χ2v) is 8.50. The van der Waals surface area contributed by atoms with Crippen molar-refractivity contribution in [3.05, 3.63) is 65.2 Å². The Morgan fingerprint density at radius 1 is 1.00 bits per heavy atom. The molecule has 0 spiro atoms. The number of ether oxygens (including phenoxy) is 2. The lowest BCUT2D eigenvalue weighted by atomic mass is 10.1. The monoisotopic (exact) mass is 445 g/mol. The molecule has 1 saturated heterocycles. The molecule has 0 radical (unpaired) electrons. The molecule has 170 valence electrons. The van der Waals surface area contributed by atoms with Crippen molar-refractivity contribution in [2.45, 2.75) is 32.0 Å². The van der Waals surface area contributed by atoms with Crippen molar-refractivity contribution in [3.63, 3.8) is 0 Å². The molecule has 2 aliphatic rings. The van der Waals surface area contributed by atoms with E-state index in [-0.39, 0.29) is 17.9 Å². The lowest BCUT2D eigenvalue weighted by Gasteiger charge is -2.30. The molecule has 2 N–H and O–H groups in total. The molecule has 0 bridgehead atoms. The lowest BCUT2D eigenvalue weighted by molar-refractivity contribution is -0.127. The molecule has 1 unspecified atom stereocenters. The molecule has 7 nitrogen and oxygen atoms in total. The fraction of sp³-hybridized carbons (Fsp3) is 0.308. The normalized spacial score (nSPS) is 17.6. The van der Waals surface area contributed by atoms with Crippen LogP contribution in [0.4, 0.5) is 5.69 Å². The summed E-state index contributed by atoms with van der Waals surface area (Å²) < 4.78 is 10.8. The molecule has 2 heterocycles. The van der Waals surface area contributed by atoms with E-state index in [2.05, 4.69) is 28.8 Å². The number of hydrogen-bond acceptors (Lipinski definition) is 5. The Kier molecular flexibility index (Phi) is 5.54. The number of benzene rings is 3. The van der Waals surface area contributed by atoms with Gasteiger partial charge in [0.05, 0.1) is 14.2 Å². The quantitative estimate of drug-likeness (QED) is 0.605. The van der Waals surface area contributed by atoms with Crippen LogP contribution in [0.2, 0.25) is 0 Å². The molecule has 5 rings (SSSR count). The summed E-state index contributed by atoms with van der Waals surface area (Å²) in [5.74, 6) is 1.31. The van der Waals surface area contributed by atoms with Crippen LogP contribution in [0.25, 0.3) is 10.8 Å². The Labute approximate surface area is 192 Å². The Morgan fingerprint density at radius 3 is 2.55 bits per heavy atom. The van der Waals surface area contributed by atoms with Crippen LogP contribution < -0.4 is 20.1 Å². The minimum absolute atomic E-state index is 0.0497. The van der Waals surface area contributed by atoms with Gasteiger partial charge in [0, 0.05) is 30.9 Å². The van der Waals surface area contributed by atoms with Crippen LogP contribution in [0.5, 0.6) is 11.5 Å². The molecular formula is C26H27N3O4. The predicted octanol–water partition coefficient (Wildman–Crippen LogP) is 3.70. The highest BCUT2D eigenvalue weighted by molar-refractivity contribution is 6.01. The largest absolute Gasteiger partial charge is 0.493 e. The smallest absolute Gasteiger partial charge is 0.255 e. The minimum atomic E-state index is -0.372. The van der Waals surface area contributed by atoms with Gasteiger partial charge in [0.25, 0.3) is 5.91 Å². The number of fused-ring (bicyclic) bond motifs is 2. The SMILES string of the molecule is COc1cc2ccc(CNc3ccc4c(c3)CN(C3CCCNC3=O)C4=O)cc2cc1OC. The maximum Gasteiger partial charge on any atom is 0.255 e. The van der Waals surface area contributed by atoms with Crippen molar-refractivity contribution in [1.82, 2.24) is 10.2 Å². The molecule has 1 fully saturated rings. The van der Waals surface area contributed by atoms with Gasteiger partial charge in [0.1, 0.15) is 6.04 Å². The maximum absolute atomic E-state index is 12.9. The van der Waals surface area contributed by atoms with E-state index in [4.69, 9.17) is 9.47 Å². The maximum atomic E-state index is 12.9. The zero-order valence-corrected chi connectivity index (χ0v) is 18.8. The van der Waals surface area contributed by atoms with Crippen LogP contribution in [-0.2, 0) is 17.9 Å². The second kappa shape index (κ2) is 8.65. The highest BCUT2D eigenvalue weighted by atomic mass is 16.5. The Balaban J connectivity index is 1.31. The summed E-state index contributed by atoms with van der Waals surface area (Å²) in [6.07, 6.45) is 1.61. The second-order valence-electron chi connectivity index (χ2n) is 8.50. The summed E-state index contributed by atoms with van der Waals surface area (Å²) in [6, 6.07) is 15.7. The first-order valence-corrected chi connectivity index (χ1v) is 11.2. The van der Waals surface area contributed by atoms with Crippen molar-refractivity contribution in [1.29, 1.82) is 0 Å². The van der Waals surface area contributed by atoms with Crippen molar-refractivity contribution >= 4 is 28.3 Å². The van der Waals surface area contributed by atoms with Crippen LogP contribution in [0.1, 0.15) is 34.3 Å². The Morgan fingerprint density at radius 2 is 1.79 bits per heavy atom.